The molecule has 31 heavy (non-hydrogen) atoms. The topological polar surface area (TPSA) is 108 Å². The first-order valence-electron chi connectivity index (χ1n) is 10.7. The fourth-order valence-corrected chi connectivity index (χ4v) is 4.40. The van der Waals surface area contributed by atoms with E-state index in [0.29, 0.717) is 42.5 Å². The molecule has 1 unspecified atom stereocenters. The molecule has 0 bridgehead atoms. The second-order valence-electron chi connectivity index (χ2n) is 8.53. The van der Waals surface area contributed by atoms with E-state index in [1.165, 1.54) is 0 Å². The molecule has 2 atom stereocenters. The molecule has 0 aromatic carbocycles. The van der Waals surface area contributed by atoms with Crippen LogP contribution in [-0.2, 0) is 4.74 Å². The molecule has 0 spiro atoms. The van der Waals surface area contributed by atoms with Crippen molar-refractivity contribution >= 4 is 22.8 Å². The Kier molecular flexibility index (Phi) is 6.33. The minimum absolute atomic E-state index is 0.0384. The second kappa shape index (κ2) is 8.85. The van der Waals surface area contributed by atoms with E-state index in [1.54, 1.807) is 6.20 Å². The van der Waals surface area contributed by atoms with Gasteiger partial charge < -0.3 is 15.4 Å². The van der Waals surface area contributed by atoms with Crippen molar-refractivity contribution < 1.29 is 23.1 Å². The lowest BCUT2D eigenvalue weighted by Gasteiger charge is -2.34. The number of fused-ring (bicyclic) bond motifs is 1. The molecule has 4 rings (SSSR count). The minimum atomic E-state index is -4.12. The van der Waals surface area contributed by atoms with E-state index in [4.69, 9.17) is 4.74 Å². The molecule has 1 aliphatic carbocycles. The summed E-state index contributed by atoms with van der Waals surface area (Å²) in [4.78, 5) is 8.87. The number of ether oxygens (including phenoxy) is 1. The SMILES string of the molecule is C[C@H]1C[N+](O)(c2[nH]nc3nc(NC4CCC(NCCC(F)(F)F)CC4)ncc23)CCO1. The molecule has 1 saturated heterocycles. The van der Waals surface area contributed by atoms with E-state index < -0.39 is 12.6 Å². The van der Waals surface area contributed by atoms with Gasteiger partial charge in [0.2, 0.25) is 5.95 Å². The van der Waals surface area contributed by atoms with Gasteiger partial charge in [0, 0.05) is 24.8 Å². The second-order valence-corrected chi connectivity index (χ2v) is 8.53. The first-order valence-corrected chi connectivity index (χ1v) is 10.7. The van der Waals surface area contributed by atoms with Crippen LogP contribution in [0.2, 0.25) is 0 Å². The number of nitrogens with zero attached hydrogens (tertiary/aromatic N) is 4. The van der Waals surface area contributed by atoms with E-state index in [0.717, 1.165) is 25.7 Å². The van der Waals surface area contributed by atoms with Crippen LogP contribution in [0.5, 0.6) is 0 Å². The first-order chi connectivity index (χ1) is 14.7. The zero-order valence-corrected chi connectivity index (χ0v) is 17.5. The Morgan fingerprint density at radius 3 is 2.71 bits per heavy atom. The zero-order chi connectivity index (χ0) is 22.1. The van der Waals surface area contributed by atoms with E-state index in [9.17, 15) is 18.4 Å². The van der Waals surface area contributed by atoms with Gasteiger partial charge in [-0.15, -0.1) is 9.75 Å². The molecule has 2 fully saturated rings. The number of hydrogen-bond donors (Lipinski definition) is 4. The highest BCUT2D eigenvalue weighted by atomic mass is 19.4. The van der Waals surface area contributed by atoms with Crippen LogP contribution in [0.25, 0.3) is 11.0 Å². The Labute approximate surface area is 177 Å². The standard InChI is InChI=1S/C19H29F3N7O2/c1-12-11-29(30,8-9-31-12)17-15-10-24-18(26-16(15)27-28-17)25-14-4-2-13(3-5-14)23-7-6-19(20,21)22/h10,12-14,23,30H,2-9,11H2,1H3,(H2,24,25,26,27,28)/q+1/t12-,13?,14?,29?/m0/s1. The maximum Gasteiger partial charge on any atom is 0.390 e. The Morgan fingerprint density at radius 2 is 2.00 bits per heavy atom. The van der Waals surface area contributed by atoms with Crippen molar-refractivity contribution in [2.24, 2.45) is 0 Å². The van der Waals surface area contributed by atoms with Crippen molar-refractivity contribution in [3.05, 3.63) is 6.20 Å². The molecular weight excluding hydrogens is 415 g/mol. The summed E-state index contributed by atoms with van der Waals surface area (Å²) in [5.74, 6) is 1.01. The maximum absolute atomic E-state index is 12.3. The van der Waals surface area contributed by atoms with Crippen molar-refractivity contribution in [2.75, 3.05) is 31.6 Å². The average molecular weight is 444 g/mol. The van der Waals surface area contributed by atoms with Gasteiger partial charge in [0.05, 0.1) is 13.0 Å². The van der Waals surface area contributed by atoms with Crippen LogP contribution < -0.4 is 15.3 Å². The van der Waals surface area contributed by atoms with Crippen molar-refractivity contribution in [3.63, 3.8) is 0 Å². The van der Waals surface area contributed by atoms with Gasteiger partial charge in [0.15, 0.2) is 5.65 Å². The highest BCUT2D eigenvalue weighted by Gasteiger charge is 2.39. The minimum Gasteiger partial charge on any atom is -0.367 e. The van der Waals surface area contributed by atoms with Crippen LogP contribution >= 0.6 is 0 Å². The monoisotopic (exact) mass is 444 g/mol. The Balaban J connectivity index is 1.33. The lowest BCUT2D eigenvalue weighted by Crippen LogP contribution is -2.56. The quantitative estimate of drug-likeness (QED) is 0.508. The number of hydrogen-bond acceptors (Lipinski definition) is 7. The number of aromatic nitrogens is 4. The molecule has 3 heterocycles. The molecule has 2 aromatic heterocycles. The fraction of sp³-hybridized carbons (Fsp3) is 0.737. The highest BCUT2D eigenvalue weighted by molar-refractivity contribution is 5.86. The van der Waals surface area contributed by atoms with Crippen LogP contribution in [0.15, 0.2) is 6.20 Å². The predicted octanol–water partition coefficient (Wildman–Crippen LogP) is 2.73. The van der Waals surface area contributed by atoms with Gasteiger partial charge in [-0.05, 0) is 32.6 Å². The van der Waals surface area contributed by atoms with Gasteiger partial charge in [-0.3, -0.25) is 0 Å². The number of anilines is 1. The third-order valence-corrected chi connectivity index (χ3v) is 6.03. The van der Waals surface area contributed by atoms with Gasteiger partial charge >= 0.3 is 6.18 Å². The Bertz CT molecular complexity index is 885. The van der Waals surface area contributed by atoms with Crippen LogP contribution in [0.1, 0.15) is 39.0 Å². The average Bonchev–Trinajstić information content (AvgIpc) is 3.12. The number of rotatable bonds is 6. The number of alkyl halides is 3. The number of halogens is 3. The maximum atomic E-state index is 12.3. The van der Waals surface area contributed by atoms with Gasteiger partial charge in [-0.2, -0.15) is 18.2 Å². The lowest BCUT2D eigenvalue weighted by atomic mass is 9.91. The van der Waals surface area contributed by atoms with Crippen molar-refractivity contribution in [1.29, 1.82) is 0 Å². The molecule has 12 heteroatoms. The fourth-order valence-electron chi connectivity index (χ4n) is 4.40. The summed E-state index contributed by atoms with van der Waals surface area (Å²) >= 11 is 0. The van der Waals surface area contributed by atoms with Gasteiger partial charge in [0.1, 0.15) is 24.6 Å². The molecule has 1 saturated carbocycles. The highest BCUT2D eigenvalue weighted by Crippen LogP contribution is 2.30. The van der Waals surface area contributed by atoms with E-state index in [1.807, 2.05) is 6.92 Å². The van der Waals surface area contributed by atoms with Crippen LogP contribution in [0, 0.1) is 0 Å². The molecule has 0 radical (unpaired) electrons. The van der Waals surface area contributed by atoms with Crippen LogP contribution in [-0.4, -0.2) is 76.0 Å². The number of nitrogens with one attached hydrogen (secondary N) is 3. The summed E-state index contributed by atoms with van der Waals surface area (Å²) in [5, 5.41) is 25.1. The number of morpholine rings is 1. The molecule has 0 amide bonds. The Morgan fingerprint density at radius 1 is 1.26 bits per heavy atom. The molecule has 2 aliphatic rings. The molecule has 172 valence electrons. The van der Waals surface area contributed by atoms with Crippen LogP contribution in [0.3, 0.4) is 0 Å². The smallest absolute Gasteiger partial charge is 0.367 e. The predicted molar refractivity (Wildman–Crippen MR) is 109 cm³/mol. The number of H-pyrrole nitrogens is 1. The summed E-state index contributed by atoms with van der Waals surface area (Å²) in [6.07, 6.45) is -0.0850. The van der Waals surface area contributed by atoms with Crippen LogP contribution in [0.4, 0.5) is 24.9 Å². The molecule has 9 nitrogen and oxygen atoms in total. The number of hydroxylamine groups is 2. The normalized spacial score (nSPS) is 29.9. The number of aromatic amines is 1. The van der Waals surface area contributed by atoms with Gasteiger partial charge in [-0.25, -0.2) is 15.3 Å². The largest absolute Gasteiger partial charge is 0.390 e. The lowest BCUT2D eigenvalue weighted by molar-refractivity contribution is -0.156. The van der Waals surface area contributed by atoms with Crippen molar-refractivity contribution in [1.82, 2.24) is 30.1 Å². The summed E-state index contributed by atoms with van der Waals surface area (Å²) in [6.45, 7) is 3.16. The molecule has 1 aliphatic heterocycles. The first kappa shape index (κ1) is 22.2. The number of quaternary nitrogens is 1. The molecule has 4 N–H and O–H groups in total. The summed E-state index contributed by atoms with van der Waals surface area (Å²) in [5.41, 5.74) is 0.473. The van der Waals surface area contributed by atoms with Gasteiger partial charge in [-0.1, -0.05) is 0 Å². The third-order valence-electron chi connectivity index (χ3n) is 6.03. The van der Waals surface area contributed by atoms with Crippen molar-refractivity contribution in [2.45, 2.75) is 63.4 Å². The summed E-state index contributed by atoms with van der Waals surface area (Å²) < 4.78 is 42.1. The summed E-state index contributed by atoms with van der Waals surface area (Å²) in [7, 11) is 0. The van der Waals surface area contributed by atoms with E-state index in [2.05, 4.69) is 30.8 Å². The molecule has 2 aromatic rings. The van der Waals surface area contributed by atoms with E-state index in [-0.39, 0.29) is 29.4 Å². The third kappa shape index (κ3) is 5.43. The van der Waals surface area contributed by atoms with Gasteiger partial charge in [0.25, 0.3) is 5.82 Å². The van der Waals surface area contributed by atoms with Crippen molar-refractivity contribution in [3.8, 4) is 0 Å². The molecular formula is C19H29F3N7O2+. The Hall–Kier alpha value is -2.02. The zero-order valence-electron chi connectivity index (χ0n) is 17.5. The van der Waals surface area contributed by atoms with E-state index >= 15 is 0 Å². The summed E-state index contributed by atoms with van der Waals surface area (Å²) in [6, 6.07) is 0.269.